The van der Waals surface area contributed by atoms with Crippen LogP contribution in [0.15, 0.2) is 42.5 Å². The van der Waals surface area contributed by atoms with Crippen molar-refractivity contribution in [3.63, 3.8) is 0 Å². The predicted molar refractivity (Wildman–Crippen MR) is 68.0 cm³/mol. The largest absolute Gasteiger partial charge is 0.507 e. The fraction of sp³-hybridized carbons (Fsp3) is 0. The molecule has 6 heteroatoms. The van der Waals surface area contributed by atoms with Gasteiger partial charge in [-0.25, -0.2) is 0 Å². The highest BCUT2D eigenvalue weighted by Crippen LogP contribution is 2.20. The first-order chi connectivity index (χ1) is 9.08. The molecule has 0 aliphatic carbocycles. The number of hydrogen-bond donors (Lipinski definition) is 2. The zero-order valence-corrected chi connectivity index (χ0v) is 9.66. The average molecular weight is 257 g/mol. The number of nitrogens with zero attached hydrogens (tertiary/aromatic N) is 1. The number of phenols is 1. The molecule has 0 unspecified atom stereocenters. The summed E-state index contributed by atoms with van der Waals surface area (Å²) in [5, 5.41) is 22.6. The van der Waals surface area contributed by atoms with E-state index in [-0.39, 0.29) is 22.7 Å². The number of non-ortho nitro benzene ring substituents is 1. The van der Waals surface area contributed by atoms with Crippen LogP contribution in [0.3, 0.4) is 0 Å². The minimum absolute atomic E-state index is 0.0500. The zero-order valence-electron chi connectivity index (χ0n) is 9.66. The summed E-state index contributed by atoms with van der Waals surface area (Å²) in [5.74, 6) is -0.739. The van der Waals surface area contributed by atoms with Gasteiger partial charge in [0, 0.05) is 17.8 Å². The molecule has 2 rings (SSSR count). The highest BCUT2D eigenvalue weighted by molar-refractivity contribution is 6.06. The van der Waals surface area contributed by atoms with Crippen LogP contribution in [0.25, 0.3) is 0 Å². The summed E-state index contributed by atoms with van der Waals surface area (Å²) >= 11 is 0. The Balaban J connectivity index is 2.22. The Morgan fingerprint density at radius 2 is 2.16 bits per heavy atom. The lowest BCUT2D eigenvalue weighted by molar-refractivity contribution is -0.384. The van der Waals surface area contributed by atoms with Gasteiger partial charge >= 0.3 is 0 Å². The van der Waals surface area contributed by atoms with Gasteiger partial charge in [0.1, 0.15) is 5.75 Å². The maximum atomic E-state index is 11.9. The molecule has 0 fully saturated rings. The molecular weight excluding hydrogens is 248 g/mol. The van der Waals surface area contributed by atoms with E-state index in [1.54, 1.807) is 0 Å². The Morgan fingerprint density at radius 1 is 1.37 bits per heavy atom. The number of carbonyl (C=O) groups excluding carboxylic acids is 1. The fourth-order valence-corrected chi connectivity index (χ4v) is 1.50. The Kier molecular flexibility index (Phi) is 3.42. The van der Waals surface area contributed by atoms with Crippen LogP contribution in [-0.2, 0) is 0 Å². The molecule has 0 heterocycles. The summed E-state index contributed by atoms with van der Waals surface area (Å²) in [5.41, 5.74) is 0.207. The van der Waals surface area contributed by atoms with Crippen molar-refractivity contribution in [2.24, 2.45) is 0 Å². The lowest BCUT2D eigenvalue weighted by Crippen LogP contribution is -2.12. The van der Waals surface area contributed by atoms with Gasteiger partial charge in [-0.1, -0.05) is 12.1 Å². The second-order valence-corrected chi connectivity index (χ2v) is 3.70. The monoisotopic (exact) mass is 257 g/mol. The maximum absolute atomic E-state index is 11.9. The molecule has 95 valence electrons. The number of aromatic hydroxyl groups is 1. The second-order valence-electron chi connectivity index (χ2n) is 3.70. The van der Waals surface area contributed by atoms with Crippen LogP contribution in [0.4, 0.5) is 11.4 Å². The number of nitro groups is 1. The molecule has 0 saturated heterocycles. The third-order valence-corrected chi connectivity index (χ3v) is 2.40. The summed E-state index contributed by atoms with van der Waals surface area (Å²) in [6.07, 6.45) is 0. The summed E-state index contributed by atoms with van der Waals surface area (Å²) in [6, 6.07) is 12.4. The van der Waals surface area contributed by atoms with Crippen molar-refractivity contribution >= 4 is 17.3 Å². The van der Waals surface area contributed by atoms with E-state index < -0.39 is 10.8 Å². The first-order valence-electron chi connectivity index (χ1n) is 5.33. The molecule has 19 heavy (non-hydrogen) atoms. The standard InChI is InChI=1S/C13H9N2O4/c16-12-7-2-1-6-11(12)13(17)14-9-4-3-5-10(8-9)15(18)19/h2-8,16H,(H,14,17). The van der Waals surface area contributed by atoms with E-state index in [9.17, 15) is 20.0 Å². The van der Waals surface area contributed by atoms with Crippen molar-refractivity contribution in [3.05, 3.63) is 64.2 Å². The number of benzene rings is 2. The molecule has 0 saturated carbocycles. The van der Waals surface area contributed by atoms with Crippen molar-refractivity contribution < 1.29 is 14.8 Å². The Hall–Kier alpha value is -2.89. The van der Waals surface area contributed by atoms with Gasteiger partial charge in [0.05, 0.1) is 10.5 Å². The van der Waals surface area contributed by atoms with Crippen LogP contribution in [0.5, 0.6) is 5.75 Å². The summed E-state index contributed by atoms with van der Waals surface area (Å²) in [4.78, 5) is 21.9. The quantitative estimate of drug-likeness (QED) is 0.652. The minimum Gasteiger partial charge on any atom is -0.507 e. The molecule has 0 bridgehead atoms. The average Bonchev–Trinajstić information content (AvgIpc) is 2.39. The van der Waals surface area contributed by atoms with Crippen molar-refractivity contribution in [2.75, 3.05) is 5.32 Å². The van der Waals surface area contributed by atoms with Crippen molar-refractivity contribution in [1.29, 1.82) is 0 Å². The number of anilines is 1. The van der Waals surface area contributed by atoms with E-state index >= 15 is 0 Å². The van der Waals surface area contributed by atoms with Crippen LogP contribution < -0.4 is 5.32 Å². The first-order valence-corrected chi connectivity index (χ1v) is 5.33. The molecule has 0 aliphatic rings. The van der Waals surface area contributed by atoms with Gasteiger partial charge < -0.3 is 10.4 Å². The number of nitrogens with one attached hydrogen (secondary N) is 1. The molecular formula is C13H9N2O4. The Morgan fingerprint density at radius 3 is 2.84 bits per heavy atom. The van der Waals surface area contributed by atoms with E-state index in [0.29, 0.717) is 0 Å². The van der Waals surface area contributed by atoms with Gasteiger partial charge in [-0.2, -0.15) is 0 Å². The summed E-state index contributed by atoms with van der Waals surface area (Å²) < 4.78 is 0. The summed E-state index contributed by atoms with van der Waals surface area (Å²) in [7, 11) is 0. The van der Waals surface area contributed by atoms with Gasteiger partial charge in [-0.15, -0.1) is 0 Å². The third-order valence-electron chi connectivity index (χ3n) is 2.40. The number of nitro benzene ring substituents is 1. The van der Waals surface area contributed by atoms with Crippen LogP contribution >= 0.6 is 0 Å². The number of rotatable bonds is 3. The highest BCUT2D eigenvalue weighted by atomic mass is 16.6. The number of amides is 1. The van der Waals surface area contributed by atoms with Gasteiger partial charge in [0.15, 0.2) is 0 Å². The Labute approximate surface area is 108 Å². The van der Waals surface area contributed by atoms with Gasteiger partial charge in [-0.3, -0.25) is 14.9 Å². The molecule has 0 atom stereocenters. The Bertz CT molecular complexity index is 640. The number of carbonyl (C=O) groups is 1. The third kappa shape index (κ3) is 2.86. The molecule has 0 spiro atoms. The normalized spacial score (nSPS) is 9.89. The molecule has 0 aromatic heterocycles. The van der Waals surface area contributed by atoms with Crippen LogP contribution in [-0.4, -0.2) is 15.9 Å². The van der Waals surface area contributed by atoms with Crippen LogP contribution in [0.2, 0.25) is 0 Å². The minimum atomic E-state index is -0.560. The molecule has 1 amide bonds. The van der Waals surface area contributed by atoms with Crippen LogP contribution in [0.1, 0.15) is 10.4 Å². The van der Waals surface area contributed by atoms with Gasteiger partial charge in [-0.05, 0) is 24.3 Å². The van der Waals surface area contributed by atoms with Crippen LogP contribution in [0, 0.1) is 16.2 Å². The number of hydrogen-bond acceptors (Lipinski definition) is 4. The highest BCUT2D eigenvalue weighted by Gasteiger charge is 2.12. The SMILES string of the molecule is O=C(Nc1cccc([N+](=O)[O-])c1)c1c[c]ccc1O. The number of phenolic OH excluding ortho intramolecular Hbond substituents is 1. The van der Waals surface area contributed by atoms with Crippen molar-refractivity contribution in [2.45, 2.75) is 0 Å². The van der Waals surface area contributed by atoms with Gasteiger partial charge in [0.25, 0.3) is 11.6 Å². The molecule has 2 aromatic carbocycles. The second kappa shape index (κ2) is 5.18. The lowest BCUT2D eigenvalue weighted by Gasteiger charge is -2.06. The van der Waals surface area contributed by atoms with E-state index in [4.69, 9.17) is 0 Å². The van der Waals surface area contributed by atoms with Crippen molar-refractivity contribution in [3.8, 4) is 5.75 Å². The molecule has 0 aliphatic heterocycles. The van der Waals surface area contributed by atoms with E-state index in [2.05, 4.69) is 11.4 Å². The van der Waals surface area contributed by atoms with E-state index in [1.807, 2.05) is 0 Å². The van der Waals surface area contributed by atoms with E-state index in [1.165, 1.54) is 42.5 Å². The zero-order chi connectivity index (χ0) is 13.8. The molecule has 2 aromatic rings. The molecule has 6 nitrogen and oxygen atoms in total. The predicted octanol–water partition coefficient (Wildman–Crippen LogP) is 2.35. The van der Waals surface area contributed by atoms with Gasteiger partial charge in [0.2, 0.25) is 0 Å². The smallest absolute Gasteiger partial charge is 0.271 e. The first kappa shape index (κ1) is 12.6. The lowest BCUT2D eigenvalue weighted by atomic mass is 10.2. The topological polar surface area (TPSA) is 92.5 Å². The van der Waals surface area contributed by atoms with Crippen molar-refractivity contribution in [1.82, 2.24) is 0 Å². The molecule has 2 N–H and O–H groups in total. The fourth-order valence-electron chi connectivity index (χ4n) is 1.50. The van der Waals surface area contributed by atoms with E-state index in [0.717, 1.165) is 0 Å². The summed E-state index contributed by atoms with van der Waals surface area (Å²) in [6.45, 7) is 0. The molecule has 1 radical (unpaired) electrons. The maximum Gasteiger partial charge on any atom is 0.271 e.